The summed E-state index contributed by atoms with van der Waals surface area (Å²) in [4.78, 5) is 24.6. The third-order valence-electron chi connectivity index (χ3n) is 3.72. The number of rotatable bonds is 7. The summed E-state index contributed by atoms with van der Waals surface area (Å²) >= 11 is 2.73. The van der Waals surface area contributed by atoms with Crippen LogP contribution in [0.1, 0.15) is 28.1 Å². The maximum atomic E-state index is 13.0. The third-order valence-corrected chi connectivity index (χ3v) is 6.00. The molecule has 27 heavy (non-hydrogen) atoms. The maximum Gasteiger partial charge on any atom is 0.242 e. The van der Waals surface area contributed by atoms with Crippen LogP contribution in [0.2, 0.25) is 0 Å². The lowest BCUT2D eigenvalue weighted by atomic mass is 10.1. The van der Waals surface area contributed by atoms with Gasteiger partial charge >= 0.3 is 0 Å². The summed E-state index contributed by atoms with van der Waals surface area (Å²) in [6, 6.07) is 16.4. The first kappa shape index (κ1) is 19.1. The number of benzene rings is 2. The fourth-order valence-electron chi connectivity index (χ4n) is 2.38. The van der Waals surface area contributed by atoms with Crippen molar-refractivity contribution in [2.24, 2.45) is 0 Å². The van der Waals surface area contributed by atoms with E-state index >= 15 is 0 Å². The molecule has 2 aromatic carbocycles. The summed E-state index contributed by atoms with van der Waals surface area (Å²) in [7, 11) is 1.78. The standard InChI is InChI=1S/C19H18N4O2S2/c1-12(24)14-9-6-10-15(11-14)21-17(25)16(13-7-4-3-5-8-13)26-19-23-22-18(20-2)27-19/h3-11,16H,1-2H3,(H,20,22)(H,21,25)/t16-/m1/s1. The Morgan fingerprint density at radius 1 is 1.07 bits per heavy atom. The number of thioether (sulfide) groups is 1. The summed E-state index contributed by atoms with van der Waals surface area (Å²) in [6.45, 7) is 1.50. The van der Waals surface area contributed by atoms with Crippen LogP contribution in [0.4, 0.5) is 10.8 Å². The number of nitrogens with one attached hydrogen (secondary N) is 2. The number of ketones is 1. The average molecular weight is 399 g/mol. The first-order chi connectivity index (χ1) is 13.1. The molecule has 0 saturated carbocycles. The van der Waals surface area contributed by atoms with Crippen LogP contribution in [0.5, 0.6) is 0 Å². The van der Waals surface area contributed by atoms with Crippen molar-refractivity contribution in [3.8, 4) is 0 Å². The highest BCUT2D eigenvalue weighted by Crippen LogP contribution is 2.38. The minimum absolute atomic E-state index is 0.0476. The van der Waals surface area contributed by atoms with Gasteiger partial charge in [-0.1, -0.05) is 65.6 Å². The lowest BCUT2D eigenvalue weighted by molar-refractivity contribution is -0.115. The number of amides is 1. The quantitative estimate of drug-likeness (QED) is 0.457. The molecule has 0 saturated heterocycles. The predicted octanol–water partition coefficient (Wildman–Crippen LogP) is 4.25. The Kier molecular flexibility index (Phi) is 6.20. The molecule has 3 aromatic rings. The van der Waals surface area contributed by atoms with E-state index in [1.165, 1.54) is 30.0 Å². The van der Waals surface area contributed by atoms with Crippen LogP contribution in [0, 0.1) is 0 Å². The number of carbonyl (C=O) groups is 2. The van der Waals surface area contributed by atoms with E-state index in [9.17, 15) is 9.59 Å². The lowest BCUT2D eigenvalue weighted by Gasteiger charge is -2.16. The second-order valence-electron chi connectivity index (χ2n) is 5.66. The van der Waals surface area contributed by atoms with E-state index < -0.39 is 5.25 Å². The van der Waals surface area contributed by atoms with Crippen molar-refractivity contribution in [3.63, 3.8) is 0 Å². The number of anilines is 2. The molecule has 0 aliphatic heterocycles. The molecule has 2 N–H and O–H groups in total. The van der Waals surface area contributed by atoms with E-state index in [4.69, 9.17) is 0 Å². The molecular weight excluding hydrogens is 380 g/mol. The van der Waals surface area contributed by atoms with Gasteiger partial charge in [0.05, 0.1) is 0 Å². The van der Waals surface area contributed by atoms with Crippen LogP contribution in [-0.4, -0.2) is 28.9 Å². The van der Waals surface area contributed by atoms with Crippen molar-refractivity contribution >= 4 is 45.6 Å². The van der Waals surface area contributed by atoms with E-state index in [0.29, 0.717) is 20.7 Å². The molecule has 8 heteroatoms. The fraction of sp³-hybridized carbons (Fsp3) is 0.158. The zero-order valence-corrected chi connectivity index (χ0v) is 16.4. The van der Waals surface area contributed by atoms with Crippen LogP contribution in [-0.2, 0) is 4.79 Å². The molecule has 138 valence electrons. The van der Waals surface area contributed by atoms with Gasteiger partial charge in [0, 0.05) is 18.3 Å². The Bertz CT molecular complexity index is 944. The molecular formula is C19H18N4O2S2. The van der Waals surface area contributed by atoms with E-state index in [2.05, 4.69) is 20.8 Å². The Balaban J connectivity index is 1.84. The van der Waals surface area contributed by atoms with Crippen LogP contribution in [0.25, 0.3) is 0 Å². The average Bonchev–Trinajstić information content (AvgIpc) is 3.14. The molecule has 0 bridgehead atoms. The van der Waals surface area contributed by atoms with Gasteiger partial charge in [-0.15, -0.1) is 10.2 Å². The molecule has 1 aromatic heterocycles. The van der Waals surface area contributed by atoms with E-state index in [1.54, 1.807) is 31.3 Å². The highest BCUT2D eigenvalue weighted by molar-refractivity contribution is 8.02. The smallest absolute Gasteiger partial charge is 0.242 e. The van der Waals surface area contributed by atoms with Gasteiger partial charge < -0.3 is 10.6 Å². The van der Waals surface area contributed by atoms with Gasteiger partial charge in [0.25, 0.3) is 0 Å². The summed E-state index contributed by atoms with van der Waals surface area (Å²) in [6.07, 6.45) is 0. The third kappa shape index (κ3) is 4.93. The van der Waals surface area contributed by atoms with Gasteiger partial charge in [-0.05, 0) is 24.6 Å². The fourth-order valence-corrected chi connectivity index (χ4v) is 4.28. The Hall–Kier alpha value is -2.71. The van der Waals surface area contributed by atoms with Crippen molar-refractivity contribution in [1.82, 2.24) is 10.2 Å². The Morgan fingerprint density at radius 2 is 1.85 bits per heavy atom. The molecule has 1 heterocycles. The zero-order valence-electron chi connectivity index (χ0n) is 14.8. The van der Waals surface area contributed by atoms with Gasteiger partial charge in [0.15, 0.2) is 10.1 Å². The van der Waals surface area contributed by atoms with Crippen LogP contribution < -0.4 is 10.6 Å². The van der Waals surface area contributed by atoms with Crippen molar-refractivity contribution in [3.05, 3.63) is 65.7 Å². The molecule has 1 atom stereocenters. The minimum atomic E-state index is -0.496. The number of hydrogen-bond acceptors (Lipinski definition) is 7. The zero-order chi connectivity index (χ0) is 19.2. The normalized spacial score (nSPS) is 11.6. The largest absolute Gasteiger partial charge is 0.363 e. The molecule has 0 radical (unpaired) electrons. The molecule has 0 unspecified atom stereocenters. The second-order valence-corrected chi connectivity index (χ2v) is 7.99. The number of aromatic nitrogens is 2. The van der Waals surface area contributed by atoms with Gasteiger partial charge in [-0.3, -0.25) is 9.59 Å². The van der Waals surface area contributed by atoms with Crippen LogP contribution in [0.3, 0.4) is 0 Å². The second kappa shape index (κ2) is 8.79. The van der Waals surface area contributed by atoms with Crippen molar-refractivity contribution < 1.29 is 9.59 Å². The summed E-state index contributed by atoms with van der Waals surface area (Å²) < 4.78 is 0.695. The predicted molar refractivity (Wildman–Crippen MR) is 110 cm³/mol. The topological polar surface area (TPSA) is 84.0 Å². The van der Waals surface area contributed by atoms with E-state index in [1.807, 2.05) is 30.3 Å². The Morgan fingerprint density at radius 3 is 2.52 bits per heavy atom. The molecule has 6 nitrogen and oxygen atoms in total. The lowest BCUT2D eigenvalue weighted by Crippen LogP contribution is -2.19. The molecule has 0 fully saturated rings. The van der Waals surface area contributed by atoms with Crippen molar-refractivity contribution in [2.75, 3.05) is 17.7 Å². The van der Waals surface area contributed by atoms with Gasteiger partial charge in [0.1, 0.15) is 5.25 Å². The Labute approximate surface area is 165 Å². The molecule has 3 rings (SSSR count). The van der Waals surface area contributed by atoms with E-state index in [0.717, 1.165) is 5.56 Å². The minimum Gasteiger partial charge on any atom is -0.363 e. The van der Waals surface area contributed by atoms with Gasteiger partial charge in [-0.25, -0.2) is 0 Å². The number of Topliss-reactive ketones (excluding diaryl/α,β-unsaturated/α-hetero) is 1. The van der Waals surface area contributed by atoms with E-state index in [-0.39, 0.29) is 11.7 Å². The first-order valence-corrected chi connectivity index (χ1v) is 9.91. The maximum absolute atomic E-state index is 13.0. The molecule has 0 aliphatic carbocycles. The van der Waals surface area contributed by atoms with Gasteiger partial charge in [0.2, 0.25) is 11.0 Å². The summed E-state index contributed by atoms with van der Waals surface area (Å²) in [5.41, 5.74) is 2.01. The highest BCUT2D eigenvalue weighted by atomic mass is 32.2. The first-order valence-electron chi connectivity index (χ1n) is 8.21. The van der Waals surface area contributed by atoms with Crippen LogP contribution in [0.15, 0.2) is 58.9 Å². The number of hydrogen-bond donors (Lipinski definition) is 2. The molecule has 0 spiro atoms. The van der Waals surface area contributed by atoms with Crippen molar-refractivity contribution in [1.29, 1.82) is 0 Å². The molecule has 1 amide bonds. The number of carbonyl (C=O) groups excluding carboxylic acids is 2. The monoisotopic (exact) mass is 398 g/mol. The van der Waals surface area contributed by atoms with Crippen molar-refractivity contribution in [2.45, 2.75) is 16.5 Å². The van der Waals surface area contributed by atoms with Gasteiger partial charge in [-0.2, -0.15) is 0 Å². The SMILES string of the molecule is CNc1nnc(S[C@@H](C(=O)Nc2cccc(C(C)=O)c2)c2ccccc2)s1. The highest BCUT2D eigenvalue weighted by Gasteiger charge is 2.24. The summed E-state index contributed by atoms with van der Waals surface area (Å²) in [5.74, 6) is -0.235. The number of nitrogens with zero attached hydrogens (tertiary/aromatic N) is 2. The van der Waals surface area contributed by atoms with Crippen LogP contribution >= 0.6 is 23.1 Å². The molecule has 0 aliphatic rings. The summed E-state index contributed by atoms with van der Waals surface area (Å²) in [5, 5.41) is 14.2.